The standard InChI is InChI=1S/C19H24ClFN4O3S2/c1-2-3-4-5-17-23-24-19(29-17)22-18(26)13-8-10-25(11-9-13)30(27,28)14-6-7-16(21)15(20)12-14/h6-7,12-13H,2-5,8-11H2,1H3,(H,22,24,26). The highest BCUT2D eigenvalue weighted by Crippen LogP contribution is 2.27. The minimum Gasteiger partial charge on any atom is -0.300 e. The van der Waals surface area contributed by atoms with Crippen molar-refractivity contribution in [3.05, 3.63) is 34.0 Å². The first-order chi connectivity index (χ1) is 14.3. The van der Waals surface area contributed by atoms with Gasteiger partial charge in [-0.05, 0) is 37.5 Å². The number of aryl methyl sites for hydroxylation is 1. The first kappa shape index (κ1) is 23.1. The number of carbonyl (C=O) groups excluding carboxylic acids is 1. The van der Waals surface area contributed by atoms with Gasteiger partial charge in [0.05, 0.1) is 9.92 Å². The van der Waals surface area contributed by atoms with E-state index in [-0.39, 0.29) is 34.8 Å². The topological polar surface area (TPSA) is 92.3 Å². The van der Waals surface area contributed by atoms with E-state index in [0.29, 0.717) is 18.0 Å². The van der Waals surface area contributed by atoms with Crippen LogP contribution in [-0.2, 0) is 21.2 Å². The number of hydrogen-bond acceptors (Lipinski definition) is 6. The molecule has 1 N–H and O–H groups in total. The van der Waals surface area contributed by atoms with Crippen LogP contribution in [-0.4, -0.2) is 41.9 Å². The maximum absolute atomic E-state index is 13.3. The third kappa shape index (κ3) is 5.54. The molecule has 0 radical (unpaired) electrons. The zero-order chi connectivity index (χ0) is 21.7. The summed E-state index contributed by atoms with van der Waals surface area (Å²) in [6, 6.07) is 3.34. The maximum Gasteiger partial charge on any atom is 0.243 e. The number of hydrogen-bond donors (Lipinski definition) is 1. The average Bonchev–Trinajstić information content (AvgIpc) is 3.17. The van der Waals surface area contributed by atoms with Gasteiger partial charge in [0.25, 0.3) is 0 Å². The SMILES string of the molecule is CCCCCc1nnc(NC(=O)C2CCN(S(=O)(=O)c3ccc(F)c(Cl)c3)CC2)s1. The molecule has 1 aliphatic rings. The molecule has 3 rings (SSSR count). The van der Waals surface area contributed by atoms with Crippen molar-refractivity contribution in [1.82, 2.24) is 14.5 Å². The molecule has 0 bridgehead atoms. The minimum absolute atomic E-state index is 0.0544. The molecule has 164 valence electrons. The van der Waals surface area contributed by atoms with Gasteiger partial charge in [-0.1, -0.05) is 42.7 Å². The summed E-state index contributed by atoms with van der Waals surface area (Å²) in [5.74, 6) is -1.15. The van der Waals surface area contributed by atoms with Crippen molar-refractivity contribution in [1.29, 1.82) is 0 Å². The Morgan fingerprint density at radius 1 is 1.30 bits per heavy atom. The number of anilines is 1. The Morgan fingerprint density at radius 2 is 2.03 bits per heavy atom. The Morgan fingerprint density at radius 3 is 2.70 bits per heavy atom. The smallest absolute Gasteiger partial charge is 0.243 e. The van der Waals surface area contributed by atoms with Gasteiger partial charge in [-0.2, -0.15) is 4.31 Å². The molecule has 0 atom stereocenters. The minimum atomic E-state index is -3.79. The lowest BCUT2D eigenvalue weighted by molar-refractivity contribution is -0.120. The van der Waals surface area contributed by atoms with Crippen LogP contribution < -0.4 is 5.32 Å². The molecular formula is C19H24ClFN4O3S2. The molecule has 0 saturated carbocycles. The van der Waals surface area contributed by atoms with Crippen LogP contribution >= 0.6 is 22.9 Å². The first-order valence-electron chi connectivity index (χ1n) is 9.89. The highest BCUT2D eigenvalue weighted by atomic mass is 35.5. The molecule has 7 nitrogen and oxygen atoms in total. The molecule has 1 saturated heterocycles. The second-order valence-electron chi connectivity index (χ2n) is 7.20. The lowest BCUT2D eigenvalue weighted by Gasteiger charge is -2.30. The van der Waals surface area contributed by atoms with Gasteiger partial charge in [0, 0.05) is 25.4 Å². The van der Waals surface area contributed by atoms with Crippen LogP contribution in [0.2, 0.25) is 5.02 Å². The molecule has 30 heavy (non-hydrogen) atoms. The number of sulfonamides is 1. The number of rotatable bonds is 8. The zero-order valence-electron chi connectivity index (χ0n) is 16.6. The molecule has 2 aromatic rings. The van der Waals surface area contributed by atoms with Crippen molar-refractivity contribution in [2.75, 3.05) is 18.4 Å². The van der Waals surface area contributed by atoms with E-state index in [4.69, 9.17) is 11.6 Å². The Kier molecular flexibility index (Phi) is 7.78. The summed E-state index contributed by atoms with van der Waals surface area (Å²) in [6.07, 6.45) is 4.94. The molecule has 11 heteroatoms. The number of halogens is 2. The second kappa shape index (κ2) is 10.1. The van der Waals surface area contributed by atoms with Gasteiger partial charge < -0.3 is 5.32 Å². The lowest BCUT2D eigenvalue weighted by Crippen LogP contribution is -2.41. The summed E-state index contributed by atoms with van der Waals surface area (Å²) < 4.78 is 40.1. The van der Waals surface area contributed by atoms with Gasteiger partial charge in [0.1, 0.15) is 10.8 Å². The summed E-state index contributed by atoms with van der Waals surface area (Å²) >= 11 is 7.09. The van der Waals surface area contributed by atoms with Crippen molar-refractivity contribution in [3.8, 4) is 0 Å². The summed E-state index contributed by atoms with van der Waals surface area (Å²) in [5, 5.41) is 12.1. The Hall–Kier alpha value is -1.62. The number of benzene rings is 1. The third-order valence-electron chi connectivity index (χ3n) is 5.04. The first-order valence-corrected chi connectivity index (χ1v) is 12.5. The Bertz CT molecular complexity index is 991. The summed E-state index contributed by atoms with van der Waals surface area (Å²) in [4.78, 5) is 12.5. The number of nitrogens with one attached hydrogen (secondary N) is 1. The number of aromatic nitrogens is 2. The third-order valence-corrected chi connectivity index (χ3v) is 8.13. The van der Waals surface area contributed by atoms with Gasteiger partial charge in [0.15, 0.2) is 0 Å². The number of amides is 1. The number of piperidine rings is 1. The van der Waals surface area contributed by atoms with Gasteiger partial charge in [-0.3, -0.25) is 4.79 Å². The number of nitrogens with zero attached hydrogens (tertiary/aromatic N) is 3. The van der Waals surface area contributed by atoms with Crippen molar-refractivity contribution >= 4 is 44.0 Å². The fourth-order valence-corrected chi connectivity index (χ4v) is 5.81. The quantitative estimate of drug-likeness (QED) is 0.581. The van der Waals surface area contributed by atoms with Crippen molar-refractivity contribution in [2.24, 2.45) is 5.92 Å². The molecule has 1 aromatic carbocycles. The fraction of sp³-hybridized carbons (Fsp3) is 0.526. The Balaban J connectivity index is 1.54. The molecule has 2 heterocycles. The van der Waals surface area contributed by atoms with Crippen LogP contribution in [0.1, 0.15) is 44.0 Å². The van der Waals surface area contributed by atoms with E-state index < -0.39 is 15.8 Å². The highest BCUT2D eigenvalue weighted by Gasteiger charge is 2.32. The Labute approximate surface area is 184 Å². The van der Waals surface area contributed by atoms with Gasteiger partial charge in [-0.25, -0.2) is 12.8 Å². The van der Waals surface area contributed by atoms with E-state index in [1.165, 1.54) is 21.7 Å². The van der Waals surface area contributed by atoms with E-state index in [2.05, 4.69) is 22.4 Å². The van der Waals surface area contributed by atoms with Crippen LogP contribution in [0, 0.1) is 11.7 Å². The van der Waals surface area contributed by atoms with E-state index in [1.807, 2.05) is 0 Å². The van der Waals surface area contributed by atoms with Crippen molar-refractivity contribution in [2.45, 2.75) is 50.3 Å². The molecular weight excluding hydrogens is 451 g/mol. The van der Waals surface area contributed by atoms with E-state index in [0.717, 1.165) is 42.8 Å². The monoisotopic (exact) mass is 474 g/mol. The van der Waals surface area contributed by atoms with Crippen LogP contribution in [0.4, 0.5) is 9.52 Å². The van der Waals surface area contributed by atoms with Crippen molar-refractivity contribution < 1.29 is 17.6 Å². The zero-order valence-corrected chi connectivity index (χ0v) is 19.0. The molecule has 1 aromatic heterocycles. The van der Waals surface area contributed by atoms with Crippen LogP contribution in [0.15, 0.2) is 23.1 Å². The fourth-order valence-electron chi connectivity index (χ4n) is 3.28. The molecule has 1 fully saturated rings. The number of unbranched alkanes of at least 4 members (excludes halogenated alkanes) is 2. The maximum atomic E-state index is 13.3. The summed E-state index contributed by atoms with van der Waals surface area (Å²) in [5.41, 5.74) is 0. The summed E-state index contributed by atoms with van der Waals surface area (Å²) in [7, 11) is -3.79. The molecule has 0 unspecified atom stereocenters. The van der Waals surface area contributed by atoms with Crippen LogP contribution in [0.3, 0.4) is 0 Å². The van der Waals surface area contributed by atoms with Gasteiger partial charge in [-0.15, -0.1) is 10.2 Å². The summed E-state index contributed by atoms with van der Waals surface area (Å²) in [6.45, 7) is 2.54. The van der Waals surface area contributed by atoms with Gasteiger partial charge in [0.2, 0.25) is 21.1 Å². The molecule has 0 aliphatic carbocycles. The van der Waals surface area contributed by atoms with E-state index >= 15 is 0 Å². The van der Waals surface area contributed by atoms with E-state index in [1.54, 1.807) is 0 Å². The molecule has 0 spiro atoms. The lowest BCUT2D eigenvalue weighted by atomic mass is 9.97. The number of carbonyl (C=O) groups is 1. The highest BCUT2D eigenvalue weighted by molar-refractivity contribution is 7.89. The largest absolute Gasteiger partial charge is 0.300 e. The van der Waals surface area contributed by atoms with Crippen molar-refractivity contribution in [3.63, 3.8) is 0 Å². The average molecular weight is 475 g/mol. The van der Waals surface area contributed by atoms with Gasteiger partial charge >= 0.3 is 0 Å². The second-order valence-corrected chi connectivity index (χ2v) is 10.6. The normalized spacial score (nSPS) is 16.0. The predicted octanol–water partition coefficient (Wildman–Crippen LogP) is 4.10. The predicted molar refractivity (Wildman–Crippen MR) is 115 cm³/mol. The van der Waals surface area contributed by atoms with Crippen LogP contribution in [0.25, 0.3) is 0 Å². The van der Waals surface area contributed by atoms with E-state index in [9.17, 15) is 17.6 Å². The molecule has 1 amide bonds. The molecule has 1 aliphatic heterocycles. The van der Waals surface area contributed by atoms with Crippen LogP contribution in [0.5, 0.6) is 0 Å².